The highest BCUT2D eigenvalue weighted by Crippen LogP contribution is 2.31. The van der Waals surface area contributed by atoms with Crippen molar-refractivity contribution in [3.63, 3.8) is 0 Å². The van der Waals surface area contributed by atoms with Crippen molar-refractivity contribution in [3.05, 3.63) is 76.8 Å². The number of hydrogen-bond acceptors (Lipinski definition) is 2. The lowest BCUT2D eigenvalue weighted by Crippen LogP contribution is -1.80. The Morgan fingerprint density at radius 1 is 0.826 bits per heavy atom. The molecular formula is C20H14BrNO. The molecule has 3 aromatic carbocycles. The van der Waals surface area contributed by atoms with Crippen molar-refractivity contribution >= 4 is 27.0 Å². The Kier molecular flexibility index (Phi) is 3.50. The van der Waals surface area contributed by atoms with Crippen LogP contribution in [0.4, 0.5) is 0 Å². The van der Waals surface area contributed by atoms with Crippen LogP contribution in [0.1, 0.15) is 5.56 Å². The van der Waals surface area contributed by atoms with E-state index in [1.54, 1.807) is 0 Å². The van der Waals surface area contributed by atoms with Gasteiger partial charge in [0.05, 0.1) is 4.47 Å². The molecule has 0 aliphatic heterocycles. The Balaban J connectivity index is 1.75. The first kappa shape index (κ1) is 14.2. The van der Waals surface area contributed by atoms with Gasteiger partial charge in [-0.05, 0) is 63.8 Å². The molecule has 3 heteroatoms. The van der Waals surface area contributed by atoms with Gasteiger partial charge < -0.3 is 4.42 Å². The minimum atomic E-state index is 0.644. The predicted octanol–water partition coefficient (Wildman–Crippen LogP) is 6.23. The summed E-state index contributed by atoms with van der Waals surface area (Å²) in [4.78, 5) is 4.61. The minimum absolute atomic E-state index is 0.644. The zero-order valence-corrected chi connectivity index (χ0v) is 14.2. The van der Waals surface area contributed by atoms with Crippen molar-refractivity contribution in [1.82, 2.24) is 4.98 Å². The molecule has 0 atom stereocenters. The van der Waals surface area contributed by atoms with Crippen molar-refractivity contribution in [3.8, 4) is 22.6 Å². The molecule has 4 rings (SSSR count). The lowest BCUT2D eigenvalue weighted by molar-refractivity contribution is 0.618. The molecule has 0 bridgehead atoms. The van der Waals surface area contributed by atoms with Crippen molar-refractivity contribution in [1.29, 1.82) is 0 Å². The van der Waals surface area contributed by atoms with E-state index in [2.05, 4.69) is 45.2 Å². The summed E-state index contributed by atoms with van der Waals surface area (Å²) in [6, 6.07) is 22.7. The lowest BCUT2D eigenvalue weighted by atomic mass is 10.0. The van der Waals surface area contributed by atoms with Crippen molar-refractivity contribution in [2.24, 2.45) is 0 Å². The zero-order valence-electron chi connectivity index (χ0n) is 12.6. The van der Waals surface area contributed by atoms with Gasteiger partial charge in [0, 0.05) is 5.56 Å². The molecule has 0 amide bonds. The van der Waals surface area contributed by atoms with Gasteiger partial charge in [0.15, 0.2) is 5.58 Å². The second-order valence-electron chi connectivity index (χ2n) is 5.56. The largest absolute Gasteiger partial charge is 0.435 e. The SMILES string of the molecule is Cc1cc(Br)c2oc(-c3ccc(-c4ccccc4)cc3)nc2c1. The molecule has 0 N–H and O–H groups in total. The van der Waals surface area contributed by atoms with Crippen molar-refractivity contribution in [2.45, 2.75) is 6.92 Å². The Morgan fingerprint density at radius 2 is 1.48 bits per heavy atom. The summed E-state index contributed by atoms with van der Waals surface area (Å²) >= 11 is 3.54. The Bertz CT molecular complexity index is 972. The maximum Gasteiger partial charge on any atom is 0.227 e. The van der Waals surface area contributed by atoms with E-state index in [0.717, 1.165) is 26.7 Å². The first-order chi connectivity index (χ1) is 11.2. The van der Waals surface area contributed by atoms with E-state index in [9.17, 15) is 0 Å². The number of aryl methyl sites for hydroxylation is 1. The summed E-state index contributed by atoms with van der Waals surface area (Å²) < 4.78 is 6.86. The van der Waals surface area contributed by atoms with Crippen LogP contribution in [0.3, 0.4) is 0 Å². The van der Waals surface area contributed by atoms with E-state index >= 15 is 0 Å². The van der Waals surface area contributed by atoms with Crippen LogP contribution < -0.4 is 0 Å². The van der Waals surface area contributed by atoms with Gasteiger partial charge in [-0.1, -0.05) is 42.5 Å². The van der Waals surface area contributed by atoms with Gasteiger partial charge in [0.1, 0.15) is 5.52 Å². The van der Waals surface area contributed by atoms with E-state index < -0.39 is 0 Å². The van der Waals surface area contributed by atoms with Gasteiger partial charge in [-0.2, -0.15) is 0 Å². The van der Waals surface area contributed by atoms with Gasteiger partial charge in [-0.3, -0.25) is 0 Å². The molecule has 4 aromatic rings. The summed E-state index contributed by atoms with van der Waals surface area (Å²) in [6.07, 6.45) is 0. The quantitative estimate of drug-likeness (QED) is 0.421. The van der Waals surface area contributed by atoms with Crippen LogP contribution in [0.2, 0.25) is 0 Å². The van der Waals surface area contributed by atoms with Gasteiger partial charge in [0.25, 0.3) is 0 Å². The van der Waals surface area contributed by atoms with Gasteiger partial charge in [-0.25, -0.2) is 4.98 Å². The number of fused-ring (bicyclic) bond motifs is 1. The molecule has 1 heterocycles. The van der Waals surface area contributed by atoms with Crippen molar-refractivity contribution < 1.29 is 4.42 Å². The molecule has 2 nitrogen and oxygen atoms in total. The third-order valence-electron chi connectivity index (χ3n) is 3.83. The van der Waals surface area contributed by atoms with Gasteiger partial charge >= 0.3 is 0 Å². The monoisotopic (exact) mass is 363 g/mol. The predicted molar refractivity (Wildman–Crippen MR) is 97.3 cm³/mol. The zero-order chi connectivity index (χ0) is 15.8. The Hall–Kier alpha value is -2.39. The molecule has 0 aliphatic carbocycles. The normalized spacial score (nSPS) is 11.0. The first-order valence-corrected chi connectivity index (χ1v) is 8.22. The topological polar surface area (TPSA) is 26.0 Å². The number of aromatic nitrogens is 1. The molecule has 0 saturated heterocycles. The number of oxazole rings is 1. The third kappa shape index (κ3) is 2.68. The number of nitrogens with zero attached hydrogens (tertiary/aromatic N) is 1. The lowest BCUT2D eigenvalue weighted by Gasteiger charge is -2.02. The smallest absolute Gasteiger partial charge is 0.227 e. The molecule has 0 radical (unpaired) electrons. The third-order valence-corrected chi connectivity index (χ3v) is 4.42. The summed E-state index contributed by atoms with van der Waals surface area (Å²) in [6.45, 7) is 2.05. The summed E-state index contributed by atoms with van der Waals surface area (Å²) in [7, 11) is 0. The molecule has 0 aliphatic rings. The van der Waals surface area contributed by atoms with Crippen molar-refractivity contribution in [2.75, 3.05) is 0 Å². The molecule has 0 fully saturated rings. The maximum absolute atomic E-state index is 5.93. The Labute approximate surface area is 142 Å². The molecule has 0 saturated carbocycles. The Morgan fingerprint density at radius 3 is 2.22 bits per heavy atom. The average molecular weight is 364 g/mol. The van der Waals surface area contributed by atoms with Crippen LogP contribution in [0.25, 0.3) is 33.7 Å². The van der Waals surface area contributed by atoms with E-state index in [1.165, 1.54) is 11.1 Å². The molecular weight excluding hydrogens is 350 g/mol. The fraction of sp³-hybridized carbons (Fsp3) is 0.0500. The minimum Gasteiger partial charge on any atom is -0.435 e. The number of hydrogen-bond donors (Lipinski definition) is 0. The first-order valence-electron chi connectivity index (χ1n) is 7.43. The number of halogens is 1. The van der Waals surface area contributed by atoms with Crippen LogP contribution in [0, 0.1) is 6.92 Å². The second-order valence-corrected chi connectivity index (χ2v) is 6.41. The second kappa shape index (κ2) is 5.67. The van der Waals surface area contributed by atoms with E-state index in [-0.39, 0.29) is 0 Å². The van der Waals surface area contributed by atoms with E-state index in [1.807, 2.05) is 49.4 Å². The average Bonchev–Trinajstić information content (AvgIpc) is 3.00. The summed E-state index contributed by atoms with van der Waals surface area (Å²) in [5, 5.41) is 0. The number of benzene rings is 3. The fourth-order valence-corrected chi connectivity index (χ4v) is 3.33. The maximum atomic E-state index is 5.93. The number of rotatable bonds is 2. The highest BCUT2D eigenvalue weighted by molar-refractivity contribution is 9.10. The van der Waals surface area contributed by atoms with Crippen LogP contribution >= 0.6 is 15.9 Å². The van der Waals surface area contributed by atoms with Crippen LogP contribution in [0.15, 0.2) is 75.6 Å². The van der Waals surface area contributed by atoms with Crippen LogP contribution in [0.5, 0.6) is 0 Å². The molecule has 112 valence electrons. The van der Waals surface area contributed by atoms with Gasteiger partial charge in [0.2, 0.25) is 5.89 Å². The van der Waals surface area contributed by atoms with Crippen LogP contribution in [-0.4, -0.2) is 4.98 Å². The van der Waals surface area contributed by atoms with E-state index in [0.29, 0.717) is 5.89 Å². The standard InChI is InChI=1S/C20H14BrNO/c1-13-11-17(21)19-18(12-13)22-20(23-19)16-9-7-15(8-10-16)14-5-3-2-4-6-14/h2-12H,1H3. The molecule has 23 heavy (non-hydrogen) atoms. The van der Waals surface area contributed by atoms with Gasteiger partial charge in [-0.15, -0.1) is 0 Å². The molecule has 0 unspecified atom stereocenters. The molecule has 0 spiro atoms. The fourth-order valence-electron chi connectivity index (χ4n) is 2.68. The highest BCUT2D eigenvalue weighted by Gasteiger charge is 2.11. The van der Waals surface area contributed by atoms with Crippen LogP contribution in [-0.2, 0) is 0 Å². The highest BCUT2D eigenvalue weighted by atomic mass is 79.9. The summed E-state index contributed by atoms with van der Waals surface area (Å²) in [5.74, 6) is 0.644. The summed E-state index contributed by atoms with van der Waals surface area (Å²) in [5.41, 5.74) is 6.18. The van der Waals surface area contributed by atoms with E-state index in [4.69, 9.17) is 4.42 Å². The molecule has 1 aromatic heterocycles.